The van der Waals surface area contributed by atoms with Gasteiger partial charge in [0.1, 0.15) is 0 Å². The van der Waals surface area contributed by atoms with E-state index >= 15 is 0 Å². The monoisotopic (exact) mass is 308 g/mol. The Balaban J connectivity index is 1.42. The summed E-state index contributed by atoms with van der Waals surface area (Å²) >= 11 is 0. The van der Waals surface area contributed by atoms with E-state index in [4.69, 9.17) is 0 Å². The van der Waals surface area contributed by atoms with Crippen LogP contribution in [0, 0.1) is 5.92 Å². The van der Waals surface area contributed by atoms with Gasteiger partial charge in [-0.2, -0.15) is 0 Å². The highest BCUT2D eigenvalue weighted by Crippen LogP contribution is 2.31. The third-order valence-corrected chi connectivity index (χ3v) is 4.63. The molecule has 1 heterocycles. The molecule has 2 N–H and O–H groups in total. The van der Waals surface area contributed by atoms with Crippen LogP contribution in [0.15, 0.2) is 0 Å². The minimum atomic E-state index is -0.401. The van der Waals surface area contributed by atoms with Crippen molar-refractivity contribution < 1.29 is 14.4 Å². The second kappa shape index (κ2) is 6.24. The highest BCUT2D eigenvalue weighted by atomic mass is 16.2. The summed E-state index contributed by atoms with van der Waals surface area (Å²) in [5, 5.41) is 5.14. The number of nitrogens with one attached hydrogen (secondary N) is 2. The van der Waals surface area contributed by atoms with E-state index in [0.717, 1.165) is 25.7 Å². The molecule has 122 valence electrons. The number of hydrogen-bond acceptors (Lipinski definition) is 4. The normalized spacial score (nSPS) is 23.8. The summed E-state index contributed by atoms with van der Waals surface area (Å²) in [6.07, 6.45) is 4.03. The SMILES string of the molecule is C[C@H](C(=O)NC(=O)NC1CC1)N1CCN(C(=O)C2CC2)CC1. The van der Waals surface area contributed by atoms with Gasteiger partial charge in [0.15, 0.2) is 0 Å². The molecule has 4 amide bonds. The molecule has 0 unspecified atom stereocenters. The maximum absolute atomic E-state index is 12.1. The predicted octanol–water partition coefficient (Wildman–Crippen LogP) is -0.0827. The number of nitrogens with zero attached hydrogens (tertiary/aromatic N) is 2. The molecule has 0 radical (unpaired) electrons. The van der Waals surface area contributed by atoms with E-state index in [1.165, 1.54) is 0 Å². The van der Waals surface area contributed by atoms with Gasteiger partial charge < -0.3 is 10.2 Å². The topological polar surface area (TPSA) is 81.8 Å². The molecular formula is C15H24N4O3. The first-order valence-electron chi connectivity index (χ1n) is 8.19. The van der Waals surface area contributed by atoms with E-state index < -0.39 is 6.03 Å². The van der Waals surface area contributed by atoms with Gasteiger partial charge in [-0.3, -0.25) is 19.8 Å². The van der Waals surface area contributed by atoms with Crippen LogP contribution in [-0.2, 0) is 9.59 Å². The number of amides is 4. The molecule has 2 aliphatic carbocycles. The highest BCUT2D eigenvalue weighted by Gasteiger charge is 2.36. The van der Waals surface area contributed by atoms with Crippen LogP contribution in [0.4, 0.5) is 4.79 Å². The predicted molar refractivity (Wildman–Crippen MR) is 80.0 cm³/mol. The number of piperazine rings is 1. The van der Waals surface area contributed by atoms with Gasteiger partial charge in [-0.1, -0.05) is 0 Å². The molecule has 1 saturated heterocycles. The first-order chi connectivity index (χ1) is 10.5. The Bertz CT molecular complexity index is 465. The summed E-state index contributed by atoms with van der Waals surface area (Å²) in [7, 11) is 0. The van der Waals surface area contributed by atoms with E-state index in [-0.39, 0.29) is 29.8 Å². The van der Waals surface area contributed by atoms with Gasteiger partial charge in [-0.25, -0.2) is 4.79 Å². The van der Waals surface area contributed by atoms with Crippen LogP contribution >= 0.6 is 0 Å². The van der Waals surface area contributed by atoms with E-state index in [1.54, 1.807) is 6.92 Å². The molecule has 22 heavy (non-hydrogen) atoms. The zero-order valence-corrected chi connectivity index (χ0v) is 13.0. The number of imide groups is 1. The highest BCUT2D eigenvalue weighted by molar-refractivity contribution is 5.97. The van der Waals surface area contributed by atoms with Crippen molar-refractivity contribution in [2.24, 2.45) is 5.92 Å². The molecule has 3 fully saturated rings. The molecule has 0 aromatic rings. The van der Waals surface area contributed by atoms with Crippen LogP contribution in [0.2, 0.25) is 0 Å². The maximum atomic E-state index is 12.1. The largest absolute Gasteiger partial charge is 0.340 e. The first-order valence-corrected chi connectivity index (χ1v) is 8.19. The van der Waals surface area contributed by atoms with Crippen molar-refractivity contribution in [3.63, 3.8) is 0 Å². The van der Waals surface area contributed by atoms with Crippen molar-refractivity contribution >= 4 is 17.8 Å². The summed E-state index contributed by atoms with van der Waals surface area (Å²) in [4.78, 5) is 39.6. The van der Waals surface area contributed by atoms with Crippen LogP contribution in [0.5, 0.6) is 0 Å². The lowest BCUT2D eigenvalue weighted by atomic mass is 10.2. The Morgan fingerprint density at radius 2 is 1.64 bits per heavy atom. The molecular weight excluding hydrogens is 284 g/mol. The fourth-order valence-electron chi connectivity index (χ4n) is 2.75. The van der Waals surface area contributed by atoms with Gasteiger partial charge in [0.25, 0.3) is 0 Å². The molecule has 0 spiro atoms. The summed E-state index contributed by atoms with van der Waals surface area (Å²) in [5.74, 6) is 0.235. The lowest BCUT2D eigenvalue weighted by Crippen LogP contribution is -2.56. The number of rotatable bonds is 4. The zero-order valence-electron chi connectivity index (χ0n) is 13.0. The fraction of sp³-hybridized carbons (Fsp3) is 0.800. The number of hydrogen-bond donors (Lipinski definition) is 2. The van der Waals surface area contributed by atoms with E-state index in [9.17, 15) is 14.4 Å². The standard InChI is InChI=1S/C15H24N4O3/c1-10(13(20)17-15(22)16-12-4-5-12)18-6-8-19(9-7-18)14(21)11-2-3-11/h10-12H,2-9H2,1H3,(H2,16,17,20,22)/t10-/m1/s1. The van der Waals surface area contributed by atoms with Crippen molar-refractivity contribution in [2.45, 2.75) is 44.7 Å². The van der Waals surface area contributed by atoms with Crippen molar-refractivity contribution in [3.05, 3.63) is 0 Å². The molecule has 3 aliphatic rings. The molecule has 7 heteroatoms. The average Bonchev–Trinajstić information content (AvgIpc) is 3.38. The van der Waals surface area contributed by atoms with Gasteiger partial charge >= 0.3 is 6.03 Å². The quantitative estimate of drug-likeness (QED) is 0.761. The van der Waals surface area contributed by atoms with Gasteiger partial charge in [0.2, 0.25) is 11.8 Å². The lowest BCUT2D eigenvalue weighted by Gasteiger charge is -2.37. The Morgan fingerprint density at radius 3 is 2.18 bits per heavy atom. The van der Waals surface area contributed by atoms with Gasteiger partial charge in [-0.15, -0.1) is 0 Å². The molecule has 1 aliphatic heterocycles. The van der Waals surface area contributed by atoms with E-state index in [0.29, 0.717) is 26.2 Å². The summed E-state index contributed by atoms with van der Waals surface area (Å²) in [6, 6.07) is -0.523. The lowest BCUT2D eigenvalue weighted by molar-refractivity contribution is -0.135. The Kier molecular flexibility index (Phi) is 4.33. The molecule has 3 rings (SSSR count). The Labute approximate surface area is 130 Å². The summed E-state index contributed by atoms with van der Waals surface area (Å²) in [5.41, 5.74) is 0. The van der Waals surface area contributed by atoms with Crippen molar-refractivity contribution in [3.8, 4) is 0 Å². The van der Waals surface area contributed by atoms with Gasteiger partial charge in [0.05, 0.1) is 6.04 Å². The molecule has 0 bridgehead atoms. The van der Waals surface area contributed by atoms with Crippen molar-refractivity contribution in [1.82, 2.24) is 20.4 Å². The second-order valence-corrected chi connectivity index (χ2v) is 6.55. The van der Waals surface area contributed by atoms with Crippen LogP contribution in [0.3, 0.4) is 0 Å². The smallest absolute Gasteiger partial charge is 0.321 e. The van der Waals surface area contributed by atoms with Crippen LogP contribution in [-0.4, -0.2) is 65.9 Å². The molecule has 7 nitrogen and oxygen atoms in total. The number of carbonyl (C=O) groups is 3. The van der Waals surface area contributed by atoms with Gasteiger partial charge in [-0.05, 0) is 32.6 Å². The minimum absolute atomic E-state index is 0.236. The average molecular weight is 308 g/mol. The van der Waals surface area contributed by atoms with Gasteiger partial charge in [0, 0.05) is 38.1 Å². The molecule has 0 aromatic heterocycles. The molecule has 0 aromatic carbocycles. The van der Waals surface area contributed by atoms with Crippen LogP contribution in [0.1, 0.15) is 32.6 Å². The second-order valence-electron chi connectivity index (χ2n) is 6.55. The van der Waals surface area contributed by atoms with E-state index in [2.05, 4.69) is 10.6 Å². The van der Waals surface area contributed by atoms with E-state index in [1.807, 2.05) is 9.80 Å². The molecule has 1 atom stereocenters. The van der Waals surface area contributed by atoms with Crippen molar-refractivity contribution in [2.75, 3.05) is 26.2 Å². The fourth-order valence-corrected chi connectivity index (χ4v) is 2.75. The Morgan fingerprint density at radius 1 is 1.00 bits per heavy atom. The number of urea groups is 1. The van der Waals surface area contributed by atoms with Crippen molar-refractivity contribution in [1.29, 1.82) is 0 Å². The third kappa shape index (κ3) is 3.76. The summed E-state index contributed by atoms with van der Waals surface area (Å²) < 4.78 is 0. The summed E-state index contributed by atoms with van der Waals surface area (Å²) in [6.45, 7) is 4.50. The maximum Gasteiger partial charge on any atom is 0.321 e. The number of carbonyl (C=O) groups excluding carboxylic acids is 3. The third-order valence-electron chi connectivity index (χ3n) is 4.63. The zero-order chi connectivity index (χ0) is 15.7. The van der Waals surface area contributed by atoms with Crippen LogP contribution in [0.25, 0.3) is 0 Å². The minimum Gasteiger partial charge on any atom is -0.340 e. The molecule has 2 saturated carbocycles. The first kappa shape index (κ1) is 15.3. The Hall–Kier alpha value is -1.63. The van der Waals surface area contributed by atoms with Crippen LogP contribution < -0.4 is 10.6 Å².